The maximum Gasteiger partial charge on any atom is 0.0429 e. The van der Waals surface area contributed by atoms with E-state index in [4.69, 9.17) is 11.6 Å². The Hall–Kier alpha value is -0.690. The number of halogens is 1. The van der Waals surface area contributed by atoms with Crippen LogP contribution in [0.1, 0.15) is 26.3 Å². The highest BCUT2D eigenvalue weighted by Gasteiger charge is 2.59. The van der Waals surface area contributed by atoms with Crippen molar-refractivity contribution in [3.05, 3.63) is 28.8 Å². The van der Waals surface area contributed by atoms with Crippen LogP contribution in [0.4, 0.5) is 5.69 Å². The fraction of sp³-hybridized carbons (Fsp3) is 0.625. The van der Waals surface area contributed by atoms with E-state index in [0.29, 0.717) is 5.41 Å². The molecule has 18 heavy (non-hydrogen) atoms. The lowest BCUT2D eigenvalue weighted by Crippen LogP contribution is -2.27. The molecule has 2 heteroatoms. The number of rotatable bonds is 1. The molecule has 98 valence electrons. The van der Waals surface area contributed by atoms with Crippen molar-refractivity contribution in [3.8, 4) is 0 Å². The molecule has 0 bridgehead atoms. The van der Waals surface area contributed by atoms with E-state index in [1.807, 2.05) is 6.07 Å². The number of hydrogen-bond acceptors (Lipinski definition) is 1. The van der Waals surface area contributed by atoms with Crippen molar-refractivity contribution < 1.29 is 0 Å². The molecule has 1 aromatic carbocycles. The maximum atomic E-state index is 6.15. The summed E-state index contributed by atoms with van der Waals surface area (Å²) in [7, 11) is 0. The van der Waals surface area contributed by atoms with Crippen LogP contribution in [0.3, 0.4) is 0 Å². The Morgan fingerprint density at radius 2 is 1.72 bits per heavy atom. The lowest BCUT2D eigenvalue weighted by molar-refractivity contribution is 0.309. The molecule has 0 N–H and O–H groups in total. The van der Waals surface area contributed by atoms with Gasteiger partial charge in [0.05, 0.1) is 0 Å². The summed E-state index contributed by atoms with van der Waals surface area (Å²) < 4.78 is 0. The Balaban J connectivity index is 1.73. The Labute approximate surface area is 115 Å². The minimum absolute atomic E-state index is 0.478. The fourth-order valence-corrected chi connectivity index (χ4v) is 4.21. The molecule has 1 saturated heterocycles. The standard InChI is InChI=1S/C16H22ClN/c1-10-5-11(17)7-12(6-10)18-8-13-14(9-18)15(13)16(2,3)4/h5-7,13-15H,8-9H2,1-4H3. The van der Waals surface area contributed by atoms with Gasteiger partial charge in [0.15, 0.2) is 0 Å². The van der Waals surface area contributed by atoms with E-state index >= 15 is 0 Å². The molecule has 0 radical (unpaired) electrons. The van der Waals surface area contributed by atoms with Crippen LogP contribution in [0, 0.1) is 30.1 Å². The molecule has 1 heterocycles. The molecular weight excluding hydrogens is 242 g/mol. The molecule has 1 aliphatic carbocycles. The third-order valence-corrected chi connectivity index (χ3v) is 4.80. The summed E-state index contributed by atoms with van der Waals surface area (Å²) in [5.41, 5.74) is 3.04. The van der Waals surface area contributed by atoms with E-state index in [9.17, 15) is 0 Å². The average molecular weight is 264 g/mol. The van der Waals surface area contributed by atoms with Crippen LogP contribution in [0.5, 0.6) is 0 Å². The van der Waals surface area contributed by atoms with Gasteiger partial charge in [0.2, 0.25) is 0 Å². The quantitative estimate of drug-likeness (QED) is 0.727. The van der Waals surface area contributed by atoms with Gasteiger partial charge in [-0.05, 0) is 53.9 Å². The van der Waals surface area contributed by atoms with Gasteiger partial charge in [-0.25, -0.2) is 0 Å². The van der Waals surface area contributed by atoms with Crippen LogP contribution in [0.2, 0.25) is 5.02 Å². The first-order valence-corrected chi connectivity index (χ1v) is 7.26. The second kappa shape index (κ2) is 3.90. The molecule has 2 aliphatic rings. The topological polar surface area (TPSA) is 3.24 Å². The van der Waals surface area contributed by atoms with Crippen LogP contribution in [0.25, 0.3) is 0 Å². The SMILES string of the molecule is Cc1cc(Cl)cc(N2CC3C(C2)C3C(C)(C)C)c1. The van der Waals surface area contributed by atoms with Gasteiger partial charge in [-0.3, -0.25) is 0 Å². The molecule has 3 rings (SSSR count). The number of benzene rings is 1. The molecule has 0 amide bonds. The van der Waals surface area contributed by atoms with Crippen LogP contribution in [-0.4, -0.2) is 13.1 Å². The van der Waals surface area contributed by atoms with E-state index in [1.165, 1.54) is 24.3 Å². The van der Waals surface area contributed by atoms with E-state index < -0.39 is 0 Å². The zero-order valence-electron chi connectivity index (χ0n) is 11.7. The summed E-state index contributed by atoms with van der Waals surface area (Å²) in [6, 6.07) is 6.38. The summed E-state index contributed by atoms with van der Waals surface area (Å²) in [6.45, 7) is 11.7. The second-order valence-electron chi connectivity index (χ2n) is 7.11. The largest absolute Gasteiger partial charge is 0.371 e. The van der Waals surface area contributed by atoms with E-state index in [1.54, 1.807) is 0 Å². The van der Waals surface area contributed by atoms with Crippen molar-refractivity contribution in [1.82, 2.24) is 0 Å². The zero-order valence-corrected chi connectivity index (χ0v) is 12.5. The Kier molecular flexibility index (Phi) is 2.68. The third kappa shape index (κ3) is 2.03. The molecule has 1 aliphatic heterocycles. The minimum atomic E-state index is 0.478. The maximum absolute atomic E-state index is 6.15. The second-order valence-corrected chi connectivity index (χ2v) is 7.55. The van der Waals surface area contributed by atoms with Gasteiger partial charge in [-0.2, -0.15) is 0 Å². The van der Waals surface area contributed by atoms with Crippen molar-refractivity contribution in [3.63, 3.8) is 0 Å². The summed E-state index contributed by atoms with van der Waals surface area (Å²) in [6.07, 6.45) is 0. The molecule has 2 fully saturated rings. The van der Waals surface area contributed by atoms with Gasteiger partial charge in [-0.1, -0.05) is 32.4 Å². The van der Waals surface area contributed by atoms with Crippen molar-refractivity contribution >= 4 is 17.3 Å². The van der Waals surface area contributed by atoms with Gasteiger partial charge in [0.25, 0.3) is 0 Å². The van der Waals surface area contributed by atoms with E-state index in [2.05, 4.69) is 44.7 Å². The van der Waals surface area contributed by atoms with Crippen molar-refractivity contribution in [2.45, 2.75) is 27.7 Å². The minimum Gasteiger partial charge on any atom is -0.371 e. The first-order chi connectivity index (χ1) is 8.36. The number of anilines is 1. The molecule has 1 nitrogen and oxygen atoms in total. The van der Waals surface area contributed by atoms with Crippen LogP contribution < -0.4 is 4.90 Å². The van der Waals surface area contributed by atoms with Gasteiger partial charge >= 0.3 is 0 Å². The van der Waals surface area contributed by atoms with Gasteiger partial charge in [0.1, 0.15) is 0 Å². The number of hydrogen-bond donors (Lipinski definition) is 0. The lowest BCUT2D eigenvalue weighted by atomic mass is 9.87. The van der Waals surface area contributed by atoms with Crippen molar-refractivity contribution in [2.24, 2.45) is 23.2 Å². The summed E-state index contributed by atoms with van der Waals surface area (Å²) in [5.74, 6) is 2.74. The molecule has 0 spiro atoms. The first-order valence-electron chi connectivity index (χ1n) is 6.88. The number of nitrogens with zero attached hydrogens (tertiary/aromatic N) is 1. The molecule has 2 unspecified atom stereocenters. The molecular formula is C16H22ClN. The monoisotopic (exact) mass is 263 g/mol. The number of fused-ring (bicyclic) bond motifs is 1. The third-order valence-electron chi connectivity index (χ3n) is 4.59. The van der Waals surface area contributed by atoms with E-state index in [-0.39, 0.29) is 0 Å². The van der Waals surface area contributed by atoms with Crippen molar-refractivity contribution in [2.75, 3.05) is 18.0 Å². The molecule has 2 atom stereocenters. The summed E-state index contributed by atoms with van der Waals surface area (Å²) in [4.78, 5) is 2.51. The van der Waals surface area contributed by atoms with Crippen LogP contribution in [0.15, 0.2) is 18.2 Å². The number of piperidine rings is 1. The van der Waals surface area contributed by atoms with E-state index in [0.717, 1.165) is 22.8 Å². The molecule has 1 saturated carbocycles. The molecule has 1 aromatic rings. The smallest absolute Gasteiger partial charge is 0.0429 e. The fourth-order valence-electron chi connectivity index (χ4n) is 3.92. The Morgan fingerprint density at radius 1 is 1.11 bits per heavy atom. The molecule has 0 aromatic heterocycles. The highest BCUT2D eigenvalue weighted by atomic mass is 35.5. The summed E-state index contributed by atoms with van der Waals surface area (Å²) >= 11 is 6.15. The first kappa shape index (κ1) is 12.3. The normalized spacial score (nSPS) is 30.5. The Bertz CT molecular complexity index is 442. The highest BCUT2D eigenvalue weighted by Crippen LogP contribution is 2.60. The van der Waals surface area contributed by atoms with Crippen LogP contribution in [-0.2, 0) is 0 Å². The average Bonchev–Trinajstić information content (AvgIpc) is 2.75. The van der Waals surface area contributed by atoms with Gasteiger partial charge in [0, 0.05) is 23.8 Å². The predicted molar refractivity (Wildman–Crippen MR) is 78.3 cm³/mol. The van der Waals surface area contributed by atoms with Gasteiger partial charge < -0.3 is 4.90 Å². The lowest BCUT2D eigenvalue weighted by Gasteiger charge is -2.27. The zero-order chi connectivity index (χ0) is 13.1. The predicted octanol–water partition coefficient (Wildman–Crippen LogP) is 4.38. The Morgan fingerprint density at radius 3 is 2.22 bits per heavy atom. The van der Waals surface area contributed by atoms with Crippen molar-refractivity contribution in [1.29, 1.82) is 0 Å². The number of aryl methyl sites for hydroxylation is 1. The van der Waals surface area contributed by atoms with Gasteiger partial charge in [-0.15, -0.1) is 0 Å². The summed E-state index contributed by atoms with van der Waals surface area (Å²) in [5, 5.41) is 0.859. The highest BCUT2D eigenvalue weighted by molar-refractivity contribution is 6.30. The van der Waals surface area contributed by atoms with Crippen LogP contribution >= 0.6 is 11.6 Å².